The molecule has 2 aromatic heterocycles. The molecule has 0 unspecified atom stereocenters. The maximum atomic E-state index is 15.9. The van der Waals surface area contributed by atoms with Gasteiger partial charge in [-0.25, -0.2) is 0 Å². The van der Waals surface area contributed by atoms with Crippen LogP contribution in [0.25, 0.3) is 0 Å². The Bertz CT molecular complexity index is 1360. The highest BCUT2D eigenvalue weighted by Crippen LogP contribution is 2.80. The zero-order valence-electron chi connectivity index (χ0n) is 20.9. The predicted molar refractivity (Wildman–Crippen MR) is 146 cm³/mol. The maximum Gasteiger partial charge on any atom is 0.214 e. The normalized spacial score (nSPS) is 27.4. The number of rotatable bonds is 6. The fourth-order valence-corrected chi connectivity index (χ4v) is 16.3. The van der Waals surface area contributed by atoms with Gasteiger partial charge >= 0.3 is 0 Å². The van der Waals surface area contributed by atoms with E-state index in [0.29, 0.717) is 11.0 Å². The summed E-state index contributed by atoms with van der Waals surface area (Å²) in [5.74, 6) is 0.136. The molecule has 0 amide bonds. The van der Waals surface area contributed by atoms with Gasteiger partial charge < -0.3 is 18.0 Å². The van der Waals surface area contributed by atoms with E-state index >= 15 is 9.13 Å². The van der Waals surface area contributed by atoms with Crippen molar-refractivity contribution in [2.24, 2.45) is 16.7 Å². The van der Waals surface area contributed by atoms with Crippen molar-refractivity contribution in [2.45, 2.75) is 44.9 Å². The molecule has 36 heavy (non-hydrogen) atoms. The van der Waals surface area contributed by atoms with Crippen LogP contribution in [0.15, 0.2) is 106 Å². The van der Waals surface area contributed by atoms with Crippen LogP contribution in [0.4, 0.5) is 0 Å². The van der Waals surface area contributed by atoms with Gasteiger partial charge in [0.2, 0.25) is 7.14 Å². The van der Waals surface area contributed by atoms with Crippen molar-refractivity contribution < 1.29 is 18.0 Å². The van der Waals surface area contributed by atoms with E-state index in [1.54, 1.807) is 36.8 Å². The Kier molecular flexibility index (Phi) is 5.45. The zero-order chi connectivity index (χ0) is 25.2. The predicted octanol–water partition coefficient (Wildman–Crippen LogP) is 6.39. The molecule has 2 heterocycles. The molecular weight excluding hydrogens is 486 g/mol. The minimum atomic E-state index is -3.46. The van der Waals surface area contributed by atoms with Crippen LogP contribution in [-0.2, 0) is 9.13 Å². The molecule has 0 N–H and O–H groups in total. The average Bonchev–Trinajstić information content (AvgIpc) is 3.69. The molecular formula is C30H32O4P2. The molecule has 0 saturated heterocycles. The molecule has 6 heteroatoms. The third-order valence-corrected chi connectivity index (χ3v) is 16.9. The first-order valence-electron chi connectivity index (χ1n) is 12.6. The van der Waals surface area contributed by atoms with Gasteiger partial charge in [0.1, 0.15) is 7.14 Å². The quantitative estimate of drug-likeness (QED) is 0.278. The van der Waals surface area contributed by atoms with Crippen LogP contribution >= 0.6 is 14.3 Å². The summed E-state index contributed by atoms with van der Waals surface area (Å²) in [6.07, 6.45) is 5.05. The third-order valence-electron chi connectivity index (χ3n) is 9.52. The molecule has 6 rings (SSSR count). The minimum Gasteiger partial charge on any atom is -0.461 e. The van der Waals surface area contributed by atoms with E-state index in [-0.39, 0.29) is 22.4 Å². The molecule has 2 aliphatic carbocycles. The monoisotopic (exact) mass is 518 g/mol. The standard InChI is InChI=1S/C30H32O4P2/c1-29(2)24-18-19-30(29,3)28(36(32,25-16-10-20-33-25)26-17-11-21-34-26)27(24)35(31,22-12-6-4-7-13-22)23-14-8-5-9-15-23/h4-17,20-21,24,27-28H,18-19H2,1-3H3/t24-,27-,28+,30+/m1/s1. The maximum absolute atomic E-state index is 15.9. The zero-order valence-corrected chi connectivity index (χ0v) is 22.7. The van der Waals surface area contributed by atoms with Crippen LogP contribution in [0.1, 0.15) is 33.6 Å². The summed E-state index contributed by atoms with van der Waals surface area (Å²) in [7, 11) is -6.71. The lowest BCUT2D eigenvalue weighted by Crippen LogP contribution is -2.46. The second kappa shape index (κ2) is 8.23. The van der Waals surface area contributed by atoms with E-state index in [2.05, 4.69) is 20.8 Å². The Labute approximate surface area is 212 Å². The number of fused-ring (bicyclic) bond motifs is 2. The van der Waals surface area contributed by atoms with E-state index in [0.717, 1.165) is 23.5 Å². The lowest BCUT2D eigenvalue weighted by atomic mass is 9.71. The van der Waals surface area contributed by atoms with Crippen molar-refractivity contribution in [3.05, 3.63) is 97.5 Å². The van der Waals surface area contributed by atoms with E-state index < -0.39 is 19.9 Å². The number of hydrogen-bond donors (Lipinski definition) is 0. The molecule has 4 nitrogen and oxygen atoms in total. The Morgan fingerprint density at radius 1 is 0.694 bits per heavy atom. The van der Waals surface area contributed by atoms with Crippen LogP contribution in [0, 0.1) is 16.7 Å². The second-order valence-corrected chi connectivity index (χ2v) is 16.8. The molecule has 4 atom stereocenters. The smallest absolute Gasteiger partial charge is 0.214 e. The van der Waals surface area contributed by atoms with Gasteiger partial charge in [-0.05, 0) is 53.9 Å². The molecule has 4 aromatic rings. The molecule has 2 aromatic carbocycles. The third kappa shape index (κ3) is 3.01. The van der Waals surface area contributed by atoms with Crippen molar-refractivity contribution in [1.82, 2.24) is 0 Å². The van der Waals surface area contributed by atoms with E-state index in [1.165, 1.54) is 0 Å². The molecule has 0 aliphatic heterocycles. The van der Waals surface area contributed by atoms with Crippen molar-refractivity contribution in [2.75, 3.05) is 0 Å². The van der Waals surface area contributed by atoms with Crippen LogP contribution in [-0.4, -0.2) is 11.3 Å². The number of furan rings is 2. The lowest BCUT2D eigenvalue weighted by Gasteiger charge is -2.44. The molecule has 0 spiro atoms. The highest BCUT2D eigenvalue weighted by Gasteiger charge is 2.74. The van der Waals surface area contributed by atoms with Gasteiger partial charge in [0.15, 0.2) is 11.0 Å². The van der Waals surface area contributed by atoms with E-state index in [1.807, 2.05) is 60.7 Å². The van der Waals surface area contributed by atoms with Crippen molar-refractivity contribution in [1.29, 1.82) is 0 Å². The summed E-state index contributed by atoms with van der Waals surface area (Å²) < 4.78 is 43.3. The van der Waals surface area contributed by atoms with Crippen LogP contribution in [0.3, 0.4) is 0 Å². The number of benzene rings is 2. The highest BCUT2D eigenvalue weighted by atomic mass is 31.2. The fourth-order valence-electron chi connectivity index (χ4n) is 7.45. The number of hydrogen-bond acceptors (Lipinski definition) is 4. The van der Waals surface area contributed by atoms with E-state index in [4.69, 9.17) is 8.83 Å². The topological polar surface area (TPSA) is 60.4 Å². The molecule has 2 aliphatic rings. The Morgan fingerprint density at radius 3 is 1.64 bits per heavy atom. The summed E-state index contributed by atoms with van der Waals surface area (Å²) >= 11 is 0. The molecule has 186 valence electrons. The summed E-state index contributed by atoms with van der Waals surface area (Å²) in [6, 6.07) is 26.9. The van der Waals surface area contributed by atoms with E-state index in [9.17, 15) is 0 Å². The lowest BCUT2D eigenvalue weighted by molar-refractivity contribution is 0.154. The molecule has 2 fully saturated rings. The van der Waals surface area contributed by atoms with Gasteiger partial charge in [0, 0.05) is 21.9 Å². The van der Waals surface area contributed by atoms with Gasteiger partial charge in [-0.1, -0.05) is 81.4 Å². The second-order valence-electron chi connectivity index (χ2n) is 11.1. The first-order chi connectivity index (χ1) is 17.3. The summed E-state index contributed by atoms with van der Waals surface area (Å²) in [4.78, 5) is 0. The first-order valence-corrected chi connectivity index (χ1v) is 16.2. The van der Waals surface area contributed by atoms with Gasteiger partial charge in [0.25, 0.3) is 0 Å². The molecule has 2 bridgehead atoms. The minimum absolute atomic E-state index is 0.136. The summed E-state index contributed by atoms with van der Waals surface area (Å²) in [5.41, 5.74) is -0.346. The SMILES string of the molecule is CC1(C)[C@@H]2CC[C@@]1(C)[C@@H](P(=O)(c1ccco1)c1ccco1)[C@@H]2P(=O)(c1ccccc1)c1ccccc1. The summed E-state index contributed by atoms with van der Waals surface area (Å²) in [6.45, 7) is 6.83. The van der Waals surface area contributed by atoms with Crippen molar-refractivity contribution in [3.8, 4) is 0 Å². The fraction of sp³-hybridized carbons (Fsp3) is 0.333. The van der Waals surface area contributed by atoms with Crippen molar-refractivity contribution >= 4 is 35.9 Å². The Morgan fingerprint density at radius 2 is 1.19 bits per heavy atom. The Hall–Kier alpha value is -2.54. The largest absolute Gasteiger partial charge is 0.461 e. The van der Waals surface area contributed by atoms with Crippen LogP contribution in [0.2, 0.25) is 0 Å². The molecule has 2 saturated carbocycles. The highest BCUT2D eigenvalue weighted by molar-refractivity contribution is 7.83. The Balaban J connectivity index is 1.69. The van der Waals surface area contributed by atoms with Crippen LogP contribution < -0.4 is 21.6 Å². The van der Waals surface area contributed by atoms with Gasteiger partial charge in [-0.15, -0.1) is 0 Å². The summed E-state index contributed by atoms with van der Waals surface area (Å²) in [5, 5.41) is 1.65. The van der Waals surface area contributed by atoms with Gasteiger partial charge in [-0.3, -0.25) is 0 Å². The first kappa shape index (κ1) is 23.8. The van der Waals surface area contributed by atoms with Crippen molar-refractivity contribution in [3.63, 3.8) is 0 Å². The molecule has 0 radical (unpaired) electrons. The average molecular weight is 519 g/mol. The van der Waals surface area contributed by atoms with Gasteiger partial charge in [-0.2, -0.15) is 0 Å². The van der Waals surface area contributed by atoms with Crippen LogP contribution in [0.5, 0.6) is 0 Å². The van der Waals surface area contributed by atoms with Gasteiger partial charge in [0.05, 0.1) is 12.5 Å².